The lowest BCUT2D eigenvalue weighted by Crippen LogP contribution is -2.54. The highest BCUT2D eigenvalue weighted by Crippen LogP contribution is 2.26. The Labute approximate surface area is 99.5 Å². The minimum Gasteiger partial charge on any atom is -0.376 e. The smallest absolute Gasteiger partial charge is 0.0674 e. The van der Waals surface area contributed by atoms with Gasteiger partial charge < -0.3 is 10.1 Å². The first-order chi connectivity index (χ1) is 7.70. The normalized spacial score (nSPS) is 42.2. The number of rotatable bonds is 2. The third-order valence-corrected chi connectivity index (χ3v) is 4.18. The van der Waals surface area contributed by atoms with E-state index in [4.69, 9.17) is 4.74 Å². The lowest BCUT2D eigenvalue weighted by atomic mass is 9.89. The Morgan fingerprint density at radius 1 is 1.25 bits per heavy atom. The van der Waals surface area contributed by atoms with Crippen LogP contribution in [0.25, 0.3) is 0 Å². The predicted molar refractivity (Wildman–Crippen MR) is 66.7 cm³/mol. The van der Waals surface area contributed by atoms with Gasteiger partial charge in [0, 0.05) is 24.7 Å². The molecule has 1 saturated heterocycles. The quantitative estimate of drug-likeness (QED) is 0.774. The summed E-state index contributed by atoms with van der Waals surface area (Å²) in [6.45, 7) is 6.51. The summed E-state index contributed by atoms with van der Waals surface area (Å²) < 4.78 is 5.71. The minimum absolute atomic E-state index is 0.408. The van der Waals surface area contributed by atoms with Gasteiger partial charge in [0.15, 0.2) is 0 Å². The summed E-state index contributed by atoms with van der Waals surface area (Å²) in [5.74, 6) is 0. The molecule has 0 amide bonds. The first kappa shape index (κ1) is 12.3. The molecule has 16 heavy (non-hydrogen) atoms. The molecule has 0 aromatic carbocycles. The van der Waals surface area contributed by atoms with Gasteiger partial charge in [0.05, 0.1) is 12.7 Å². The molecular weight excluding hydrogens is 200 g/mol. The summed E-state index contributed by atoms with van der Waals surface area (Å²) in [6, 6.07) is 2.09. The Morgan fingerprint density at radius 3 is 2.81 bits per heavy atom. The van der Waals surface area contributed by atoms with Crippen molar-refractivity contribution in [2.45, 2.75) is 63.8 Å². The zero-order chi connectivity index (χ0) is 11.5. The van der Waals surface area contributed by atoms with Crippen LogP contribution in [0.4, 0.5) is 0 Å². The number of nitrogens with zero attached hydrogens (tertiary/aromatic N) is 1. The molecule has 3 heteroatoms. The van der Waals surface area contributed by atoms with Gasteiger partial charge in [-0.25, -0.2) is 0 Å². The summed E-state index contributed by atoms with van der Waals surface area (Å²) in [6.07, 6.45) is 5.81. The number of ether oxygens (including phenoxy) is 1. The van der Waals surface area contributed by atoms with Crippen molar-refractivity contribution in [2.75, 3.05) is 20.2 Å². The van der Waals surface area contributed by atoms with Crippen LogP contribution < -0.4 is 5.32 Å². The summed E-state index contributed by atoms with van der Waals surface area (Å²) in [4.78, 5) is 2.68. The lowest BCUT2D eigenvalue weighted by molar-refractivity contribution is -0.0724. The molecule has 2 aliphatic rings. The Bertz CT molecular complexity index is 222. The fraction of sp³-hybridized carbons (Fsp3) is 1.00. The summed E-state index contributed by atoms with van der Waals surface area (Å²) in [7, 11) is 2.10. The van der Waals surface area contributed by atoms with Gasteiger partial charge in [-0.1, -0.05) is 6.42 Å². The second-order valence-electron chi connectivity index (χ2n) is 5.50. The monoisotopic (exact) mass is 226 g/mol. The van der Waals surface area contributed by atoms with Gasteiger partial charge in [-0.05, 0) is 40.2 Å². The summed E-state index contributed by atoms with van der Waals surface area (Å²) >= 11 is 0. The van der Waals surface area contributed by atoms with Gasteiger partial charge >= 0.3 is 0 Å². The molecule has 1 aliphatic heterocycles. The maximum Gasteiger partial charge on any atom is 0.0674 e. The van der Waals surface area contributed by atoms with Gasteiger partial charge in [-0.2, -0.15) is 0 Å². The van der Waals surface area contributed by atoms with Crippen LogP contribution in [0.2, 0.25) is 0 Å². The number of hydrogen-bond donors (Lipinski definition) is 1. The van der Waals surface area contributed by atoms with Crippen LogP contribution >= 0.6 is 0 Å². The molecule has 1 aliphatic carbocycles. The Hall–Kier alpha value is -0.120. The lowest BCUT2D eigenvalue weighted by Gasteiger charge is -2.44. The highest BCUT2D eigenvalue weighted by atomic mass is 16.5. The summed E-state index contributed by atoms with van der Waals surface area (Å²) in [5, 5.41) is 3.44. The standard InChI is InChI=1S/C13H26N2O/c1-10-9-16-11(2)8-15(10)13-6-4-5-12(7-13)14-3/h10-14H,4-9H2,1-3H3. The molecule has 4 atom stereocenters. The van der Waals surface area contributed by atoms with E-state index < -0.39 is 0 Å². The van der Waals surface area contributed by atoms with Gasteiger partial charge in [-0.3, -0.25) is 4.90 Å². The van der Waals surface area contributed by atoms with Gasteiger partial charge in [-0.15, -0.1) is 0 Å². The molecule has 1 heterocycles. The molecule has 2 rings (SSSR count). The van der Waals surface area contributed by atoms with Crippen molar-refractivity contribution < 1.29 is 4.74 Å². The molecule has 4 unspecified atom stereocenters. The van der Waals surface area contributed by atoms with Crippen molar-refractivity contribution >= 4 is 0 Å². The van der Waals surface area contributed by atoms with E-state index in [1.807, 2.05) is 0 Å². The second kappa shape index (κ2) is 5.48. The molecule has 0 aromatic rings. The summed E-state index contributed by atoms with van der Waals surface area (Å²) in [5.41, 5.74) is 0. The van der Waals surface area contributed by atoms with Crippen molar-refractivity contribution in [1.82, 2.24) is 10.2 Å². The molecule has 2 fully saturated rings. The van der Waals surface area contributed by atoms with E-state index in [9.17, 15) is 0 Å². The minimum atomic E-state index is 0.408. The maximum absolute atomic E-state index is 5.71. The zero-order valence-corrected chi connectivity index (χ0v) is 10.9. The van der Waals surface area contributed by atoms with Crippen LogP contribution in [0.1, 0.15) is 39.5 Å². The third-order valence-electron chi connectivity index (χ3n) is 4.18. The van der Waals surface area contributed by atoms with Gasteiger partial charge in [0.25, 0.3) is 0 Å². The van der Waals surface area contributed by atoms with Gasteiger partial charge in [0.2, 0.25) is 0 Å². The van der Waals surface area contributed by atoms with E-state index in [2.05, 4.69) is 31.1 Å². The molecule has 0 spiro atoms. The van der Waals surface area contributed by atoms with Crippen molar-refractivity contribution in [1.29, 1.82) is 0 Å². The first-order valence-electron chi connectivity index (χ1n) is 6.75. The van der Waals surface area contributed by atoms with E-state index in [0.29, 0.717) is 12.1 Å². The maximum atomic E-state index is 5.71. The van der Waals surface area contributed by atoms with E-state index in [0.717, 1.165) is 25.2 Å². The van der Waals surface area contributed by atoms with Crippen LogP contribution in [0.3, 0.4) is 0 Å². The average molecular weight is 226 g/mol. The zero-order valence-electron chi connectivity index (χ0n) is 10.9. The van der Waals surface area contributed by atoms with E-state index in [1.54, 1.807) is 0 Å². The van der Waals surface area contributed by atoms with E-state index >= 15 is 0 Å². The predicted octanol–water partition coefficient (Wildman–Crippen LogP) is 1.63. The van der Waals surface area contributed by atoms with Crippen LogP contribution in [0.15, 0.2) is 0 Å². The molecule has 1 saturated carbocycles. The molecule has 0 aromatic heterocycles. The van der Waals surface area contributed by atoms with Crippen molar-refractivity contribution in [3.8, 4) is 0 Å². The third kappa shape index (κ3) is 2.76. The molecule has 3 nitrogen and oxygen atoms in total. The molecule has 1 N–H and O–H groups in total. The Kier molecular flexibility index (Phi) is 4.22. The second-order valence-corrected chi connectivity index (χ2v) is 5.50. The Balaban J connectivity index is 1.94. The van der Waals surface area contributed by atoms with Crippen molar-refractivity contribution in [2.24, 2.45) is 0 Å². The van der Waals surface area contributed by atoms with Crippen LogP contribution in [-0.4, -0.2) is 49.3 Å². The molecule has 0 radical (unpaired) electrons. The fourth-order valence-corrected chi connectivity index (χ4v) is 3.17. The largest absolute Gasteiger partial charge is 0.376 e. The number of hydrogen-bond acceptors (Lipinski definition) is 3. The topological polar surface area (TPSA) is 24.5 Å². The van der Waals surface area contributed by atoms with Crippen molar-refractivity contribution in [3.63, 3.8) is 0 Å². The van der Waals surface area contributed by atoms with E-state index in [-0.39, 0.29) is 0 Å². The number of nitrogens with one attached hydrogen (secondary N) is 1. The van der Waals surface area contributed by atoms with Crippen LogP contribution in [-0.2, 0) is 4.74 Å². The molecular formula is C13H26N2O. The Morgan fingerprint density at radius 2 is 2.06 bits per heavy atom. The number of morpholine rings is 1. The highest BCUT2D eigenvalue weighted by Gasteiger charge is 2.32. The fourth-order valence-electron chi connectivity index (χ4n) is 3.17. The van der Waals surface area contributed by atoms with Gasteiger partial charge in [0.1, 0.15) is 0 Å². The molecule has 94 valence electrons. The highest BCUT2D eigenvalue weighted by molar-refractivity contribution is 4.88. The van der Waals surface area contributed by atoms with Crippen LogP contribution in [0, 0.1) is 0 Å². The molecule has 0 bridgehead atoms. The van der Waals surface area contributed by atoms with Crippen LogP contribution in [0.5, 0.6) is 0 Å². The first-order valence-corrected chi connectivity index (χ1v) is 6.75. The average Bonchev–Trinajstić information content (AvgIpc) is 2.32. The SMILES string of the molecule is CNC1CCCC(N2CC(C)OCC2C)C1. The van der Waals surface area contributed by atoms with E-state index in [1.165, 1.54) is 25.7 Å². The van der Waals surface area contributed by atoms with Crippen molar-refractivity contribution in [3.05, 3.63) is 0 Å².